The van der Waals surface area contributed by atoms with E-state index in [0.717, 1.165) is 23.2 Å². The zero-order chi connectivity index (χ0) is 22.3. The number of aromatic nitrogens is 3. The SMILES string of the molecule is Cc1cc(-c2ccc(F)cc2)cc([C@H]2CCCN2S(=O)(=O)c2cn(C(C)C)nc2C)n1. The van der Waals surface area contributed by atoms with Gasteiger partial charge in [-0.05, 0) is 75.9 Å². The lowest BCUT2D eigenvalue weighted by Crippen LogP contribution is -2.31. The minimum atomic E-state index is -3.71. The van der Waals surface area contributed by atoms with Gasteiger partial charge in [0.2, 0.25) is 10.0 Å². The van der Waals surface area contributed by atoms with Crippen molar-refractivity contribution in [2.24, 2.45) is 0 Å². The van der Waals surface area contributed by atoms with Crippen molar-refractivity contribution in [1.29, 1.82) is 0 Å². The van der Waals surface area contributed by atoms with Crippen LogP contribution in [0.3, 0.4) is 0 Å². The second-order valence-electron chi connectivity index (χ2n) is 8.36. The van der Waals surface area contributed by atoms with E-state index in [0.29, 0.717) is 24.4 Å². The average Bonchev–Trinajstić information content (AvgIpc) is 3.36. The minimum Gasteiger partial charge on any atom is -0.269 e. The van der Waals surface area contributed by atoms with Crippen molar-refractivity contribution in [3.8, 4) is 11.1 Å². The van der Waals surface area contributed by atoms with Crippen LogP contribution in [-0.2, 0) is 10.0 Å². The first-order valence-corrected chi connectivity index (χ1v) is 11.9. The molecule has 3 aromatic rings. The summed E-state index contributed by atoms with van der Waals surface area (Å²) in [6.45, 7) is 8.00. The molecule has 0 unspecified atom stereocenters. The van der Waals surface area contributed by atoms with Gasteiger partial charge < -0.3 is 0 Å². The van der Waals surface area contributed by atoms with Gasteiger partial charge in [-0.15, -0.1) is 0 Å². The van der Waals surface area contributed by atoms with Crippen molar-refractivity contribution in [1.82, 2.24) is 19.1 Å². The van der Waals surface area contributed by atoms with E-state index in [1.807, 2.05) is 32.9 Å². The van der Waals surface area contributed by atoms with Gasteiger partial charge in [-0.3, -0.25) is 9.67 Å². The summed E-state index contributed by atoms with van der Waals surface area (Å²) in [6, 6.07) is 9.88. The standard InChI is InChI=1S/C23H27FN4O2S/c1-15(2)27-14-23(17(4)26-27)31(29,30)28-11-5-6-22(28)21-13-19(12-16(3)25-21)18-7-9-20(24)10-8-18/h7-10,12-15,22H,5-6,11H2,1-4H3/t22-/m1/s1. The molecule has 0 bridgehead atoms. The molecule has 3 heterocycles. The molecule has 31 heavy (non-hydrogen) atoms. The highest BCUT2D eigenvalue weighted by molar-refractivity contribution is 7.89. The van der Waals surface area contributed by atoms with Gasteiger partial charge in [-0.25, -0.2) is 12.8 Å². The van der Waals surface area contributed by atoms with Crippen LogP contribution in [0.2, 0.25) is 0 Å². The van der Waals surface area contributed by atoms with Crippen LogP contribution in [-0.4, -0.2) is 34.0 Å². The Kier molecular flexibility index (Phi) is 5.70. The van der Waals surface area contributed by atoms with Gasteiger partial charge >= 0.3 is 0 Å². The molecule has 0 radical (unpaired) electrons. The second kappa shape index (κ2) is 8.16. The molecule has 0 aliphatic carbocycles. The van der Waals surface area contributed by atoms with Crippen LogP contribution < -0.4 is 0 Å². The van der Waals surface area contributed by atoms with E-state index >= 15 is 0 Å². The molecule has 0 amide bonds. The molecule has 0 spiro atoms. The normalized spacial score (nSPS) is 17.5. The van der Waals surface area contributed by atoms with E-state index in [-0.39, 0.29) is 22.8 Å². The quantitative estimate of drug-likeness (QED) is 0.569. The Morgan fingerprint density at radius 1 is 1.10 bits per heavy atom. The first kappa shape index (κ1) is 21.6. The number of rotatable bonds is 5. The number of pyridine rings is 1. The van der Waals surface area contributed by atoms with Crippen LogP contribution in [0, 0.1) is 19.7 Å². The highest BCUT2D eigenvalue weighted by Crippen LogP contribution is 2.38. The Labute approximate surface area is 182 Å². The Bertz CT molecular complexity index is 1200. The third kappa shape index (κ3) is 4.14. The van der Waals surface area contributed by atoms with Gasteiger partial charge in [0, 0.05) is 24.5 Å². The fraction of sp³-hybridized carbons (Fsp3) is 0.391. The van der Waals surface area contributed by atoms with Crippen molar-refractivity contribution in [2.45, 2.75) is 57.5 Å². The third-order valence-electron chi connectivity index (χ3n) is 5.68. The Morgan fingerprint density at radius 3 is 2.45 bits per heavy atom. The highest BCUT2D eigenvalue weighted by atomic mass is 32.2. The maximum Gasteiger partial charge on any atom is 0.247 e. The Hall–Kier alpha value is -2.58. The smallest absolute Gasteiger partial charge is 0.247 e. The fourth-order valence-electron chi connectivity index (χ4n) is 4.11. The Balaban J connectivity index is 1.73. The molecule has 1 aromatic carbocycles. The van der Waals surface area contributed by atoms with Crippen molar-refractivity contribution in [2.75, 3.05) is 6.54 Å². The van der Waals surface area contributed by atoms with E-state index in [2.05, 4.69) is 10.1 Å². The zero-order valence-corrected chi connectivity index (χ0v) is 19.0. The molecule has 2 aromatic heterocycles. The van der Waals surface area contributed by atoms with Gasteiger partial charge in [0.25, 0.3) is 0 Å². The predicted octanol–water partition coefficient (Wildman–Crippen LogP) is 4.81. The van der Waals surface area contributed by atoms with E-state index in [1.165, 1.54) is 12.1 Å². The summed E-state index contributed by atoms with van der Waals surface area (Å²) >= 11 is 0. The summed E-state index contributed by atoms with van der Waals surface area (Å²) in [7, 11) is -3.71. The molecular formula is C23H27FN4O2S. The zero-order valence-electron chi connectivity index (χ0n) is 18.2. The van der Waals surface area contributed by atoms with Crippen LogP contribution in [0.1, 0.15) is 55.9 Å². The van der Waals surface area contributed by atoms with Crippen LogP contribution in [0.15, 0.2) is 47.5 Å². The largest absolute Gasteiger partial charge is 0.269 e. The number of aryl methyl sites for hydroxylation is 2. The first-order chi connectivity index (χ1) is 14.7. The molecule has 0 N–H and O–H groups in total. The summed E-state index contributed by atoms with van der Waals surface area (Å²) in [4.78, 5) is 4.92. The van der Waals surface area contributed by atoms with E-state index < -0.39 is 10.0 Å². The first-order valence-electron chi connectivity index (χ1n) is 10.5. The summed E-state index contributed by atoms with van der Waals surface area (Å²) in [6.07, 6.45) is 3.09. The summed E-state index contributed by atoms with van der Waals surface area (Å²) in [5.41, 5.74) is 3.79. The number of hydrogen-bond donors (Lipinski definition) is 0. The summed E-state index contributed by atoms with van der Waals surface area (Å²) < 4.78 is 43.7. The van der Waals surface area contributed by atoms with Gasteiger partial charge in [-0.1, -0.05) is 12.1 Å². The van der Waals surface area contributed by atoms with Crippen LogP contribution in [0.25, 0.3) is 11.1 Å². The van der Waals surface area contributed by atoms with Gasteiger partial charge in [-0.2, -0.15) is 9.40 Å². The third-order valence-corrected chi connectivity index (χ3v) is 7.69. The lowest BCUT2D eigenvalue weighted by Gasteiger charge is -2.24. The summed E-state index contributed by atoms with van der Waals surface area (Å²) in [5, 5.41) is 4.39. The molecule has 6 nitrogen and oxygen atoms in total. The molecule has 8 heteroatoms. The minimum absolute atomic E-state index is 0.0775. The second-order valence-corrected chi connectivity index (χ2v) is 10.2. The number of benzene rings is 1. The molecule has 1 fully saturated rings. The molecule has 1 aliphatic heterocycles. The molecule has 1 saturated heterocycles. The molecule has 1 atom stereocenters. The lowest BCUT2D eigenvalue weighted by molar-refractivity contribution is 0.390. The number of halogens is 1. The maximum atomic E-state index is 13.6. The fourth-order valence-corrected chi connectivity index (χ4v) is 5.93. The van der Waals surface area contributed by atoms with Crippen molar-refractivity contribution in [3.63, 3.8) is 0 Å². The van der Waals surface area contributed by atoms with Gasteiger partial charge in [0.05, 0.1) is 17.4 Å². The topological polar surface area (TPSA) is 68.1 Å². The van der Waals surface area contributed by atoms with Crippen LogP contribution in [0.4, 0.5) is 4.39 Å². The van der Waals surface area contributed by atoms with E-state index in [9.17, 15) is 12.8 Å². The monoisotopic (exact) mass is 442 g/mol. The molecule has 164 valence electrons. The van der Waals surface area contributed by atoms with Crippen molar-refractivity contribution in [3.05, 3.63) is 65.5 Å². The van der Waals surface area contributed by atoms with Crippen molar-refractivity contribution >= 4 is 10.0 Å². The average molecular weight is 443 g/mol. The van der Waals surface area contributed by atoms with Crippen molar-refractivity contribution < 1.29 is 12.8 Å². The van der Waals surface area contributed by atoms with E-state index in [4.69, 9.17) is 0 Å². The van der Waals surface area contributed by atoms with E-state index in [1.54, 1.807) is 34.2 Å². The molecule has 0 saturated carbocycles. The van der Waals surface area contributed by atoms with Gasteiger partial charge in [0.15, 0.2) is 0 Å². The molecular weight excluding hydrogens is 415 g/mol. The predicted molar refractivity (Wildman–Crippen MR) is 118 cm³/mol. The number of hydrogen-bond acceptors (Lipinski definition) is 4. The number of nitrogens with zero attached hydrogens (tertiary/aromatic N) is 4. The summed E-state index contributed by atoms with van der Waals surface area (Å²) in [5.74, 6) is -0.292. The van der Waals surface area contributed by atoms with Gasteiger partial charge in [0.1, 0.15) is 10.7 Å². The molecule has 4 rings (SSSR count). The van der Waals surface area contributed by atoms with Crippen LogP contribution >= 0.6 is 0 Å². The van der Waals surface area contributed by atoms with Crippen LogP contribution in [0.5, 0.6) is 0 Å². The highest BCUT2D eigenvalue weighted by Gasteiger charge is 2.38. The number of sulfonamides is 1. The molecule has 1 aliphatic rings. The lowest BCUT2D eigenvalue weighted by atomic mass is 10.0. The Morgan fingerprint density at radius 2 is 1.81 bits per heavy atom. The maximum absolute atomic E-state index is 13.6.